The number of benzene rings is 2. The maximum atomic E-state index is 13.4. The number of nitrogens with one attached hydrogen (secondary N) is 2. The summed E-state index contributed by atoms with van der Waals surface area (Å²) in [6, 6.07) is 13.2. The van der Waals surface area contributed by atoms with Gasteiger partial charge in [0.15, 0.2) is 6.61 Å². The van der Waals surface area contributed by atoms with Gasteiger partial charge in [-0.3, -0.25) is 9.59 Å². The topological polar surface area (TPSA) is 105 Å². The Bertz CT molecular complexity index is 1130. The van der Waals surface area contributed by atoms with Crippen molar-refractivity contribution in [2.45, 2.75) is 37.5 Å². The number of aryl methyl sites for hydroxylation is 2. The Kier molecular flexibility index (Phi) is 6.99. The van der Waals surface area contributed by atoms with Gasteiger partial charge in [0.25, 0.3) is 5.91 Å². The van der Waals surface area contributed by atoms with E-state index in [1.165, 1.54) is 15.9 Å². The summed E-state index contributed by atoms with van der Waals surface area (Å²) in [7, 11) is -3.81. The molecule has 1 atom stereocenters. The zero-order valence-electron chi connectivity index (χ0n) is 18.7. The van der Waals surface area contributed by atoms with Gasteiger partial charge in [-0.2, -0.15) is 4.31 Å². The van der Waals surface area contributed by atoms with Crippen molar-refractivity contribution in [3.05, 3.63) is 53.6 Å². The lowest BCUT2D eigenvalue weighted by molar-refractivity contribution is -0.126. The normalized spacial score (nSPS) is 18.7. The maximum Gasteiger partial charge on any atom is 0.262 e. The van der Waals surface area contributed by atoms with E-state index in [1.54, 1.807) is 13.0 Å². The molecule has 0 spiro atoms. The van der Waals surface area contributed by atoms with Crippen LogP contribution in [0.2, 0.25) is 0 Å². The van der Waals surface area contributed by atoms with Crippen molar-refractivity contribution < 1.29 is 22.7 Å². The largest absolute Gasteiger partial charge is 0.482 e. The number of hydrogen-bond acceptors (Lipinski definition) is 5. The third-order valence-electron chi connectivity index (χ3n) is 6.07. The zero-order chi connectivity index (χ0) is 23.4. The van der Waals surface area contributed by atoms with Crippen LogP contribution in [0, 0.1) is 12.8 Å². The summed E-state index contributed by atoms with van der Waals surface area (Å²) in [6.45, 7) is 2.62. The van der Waals surface area contributed by atoms with Crippen LogP contribution < -0.4 is 15.4 Å². The number of nitrogens with zero attached hydrogens (tertiary/aromatic N) is 1. The average molecular weight is 472 g/mol. The summed E-state index contributed by atoms with van der Waals surface area (Å²) < 4.78 is 33.6. The number of hydrogen-bond donors (Lipinski definition) is 2. The smallest absolute Gasteiger partial charge is 0.262 e. The number of carbonyl (C=O) groups is 2. The van der Waals surface area contributed by atoms with Crippen molar-refractivity contribution in [3.8, 4) is 5.75 Å². The molecular formula is C24H29N3O5S. The number of rotatable bonds is 7. The highest BCUT2D eigenvalue weighted by molar-refractivity contribution is 7.89. The minimum Gasteiger partial charge on any atom is -0.482 e. The quantitative estimate of drug-likeness (QED) is 0.604. The summed E-state index contributed by atoms with van der Waals surface area (Å²) in [6.07, 6.45) is 2.99. The molecule has 0 aromatic heterocycles. The first-order valence-electron chi connectivity index (χ1n) is 11.2. The Morgan fingerprint density at radius 2 is 2.03 bits per heavy atom. The van der Waals surface area contributed by atoms with Gasteiger partial charge in [0, 0.05) is 25.7 Å². The minimum absolute atomic E-state index is 0.101. The van der Waals surface area contributed by atoms with E-state index in [0.29, 0.717) is 42.9 Å². The van der Waals surface area contributed by atoms with Crippen molar-refractivity contribution in [2.75, 3.05) is 31.6 Å². The number of ether oxygens (including phenoxy) is 1. The molecule has 1 fully saturated rings. The Hall–Kier alpha value is -2.91. The highest BCUT2D eigenvalue weighted by atomic mass is 32.2. The molecule has 9 heteroatoms. The second-order valence-electron chi connectivity index (χ2n) is 8.53. The monoisotopic (exact) mass is 471 g/mol. The predicted octanol–water partition coefficient (Wildman–Crippen LogP) is 2.48. The summed E-state index contributed by atoms with van der Waals surface area (Å²) >= 11 is 0. The van der Waals surface area contributed by atoms with Gasteiger partial charge in [0.05, 0.1) is 16.5 Å². The highest BCUT2D eigenvalue weighted by Gasteiger charge is 2.35. The molecule has 2 aromatic carbocycles. The van der Waals surface area contributed by atoms with E-state index in [1.807, 2.05) is 18.2 Å². The fourth-order valence-corrected chi connectivity index (χ4v) is 6.05. The van der Waals surface area contributed by atoms with E-state index >= 15 is 0 Å². The van der Waals surface area contributed by atoms with Gasteiger partial charge in [0.2, 0.25) is 15.9 Å². The molecule has 2 aliphatic rings. The van der Waals surface area contributed by atoms with Gasteiger partial charge in [-0.05, 0) is 49.8 Å². The third kappa shape index (κ3) is 5.36. The molecular weight excluding hydrogens is 442 g/mol. The number of fused-ring (bicyclic) bond motifs is 1. The van der Waals surface area contributed by atoms with Crippen molar-refractivity contribution in [2.24, 2.45) is 5.92 Å². The second-order valence-corrected chi connectivity index (χ2v) is 10.4. The van der Waals surface area contributed by atoms with Crippen molar-refractivity contribution >= 4 is 27.5 Å². The molecule has 2 heterocycles. The van der Waals surface area contributed by atoms with Crippen LogP contribution >= 0.6 is 0 Å². The van der Waals surface area contributed by atoms with E-state index in [0.717, 1.165) is 12.8 Å². The molecule has 8 nitrogen and oxygen atoms in total. The van der Waals surface area contributed by atoms with Gasteiger partial charge in [-0.15, -0.1) is 0 Å². The third-order valence-corrected chi connectivity index (χ3v) is 8.07. The first kappa shape index (κ1) is 23.3. The number of carbonyl (C=O) groups excluding carboxylic acids is 2. The van der Waals surface area contributed by atoms with Crippen LogP contribution in [0.25, 0.3) is 0 Å². The average Bonchev–Trinajstić information content (AvgIpc) is 2.82. The number of anilines is 1. The van der Waals surface area contributed by atoms with Crippen LogP contribution in [0.1, 0.15) is 30.4 Å². The molecule has 2 aromatic rings. The lowest BCUT2D eigenvalue weighted by Crippen LogP contribution is -2.45. The Labute approximate surface area is 194 Å². The molecule has 2 amide bonds. The fraction of sp³-hybridized carbons (Fsp3) is 0.417. The molecule has 4 rings (SSSR count). The molecule has 0 aliphatic carbocycles. The maximum absolute atomic E-state index is 13.4. The van der Waals surface area contributed by atoms with Crippen LogP contribution in [0.3, 0.4) is 0 Å². The van der Waals surface area contributed by atoms with Crippen molar-refractivity contribution in [1.29, 1.82) is 0 Å². The molecule has 0 bridgehead atoms. The van der Waals surface area contributed by atoms with Crippen LogP contribution in [-0.4, -0.2) is 50.8 Å². The fourth-order valence-electron chi connectivity index (χ4n) is 4.30. The first-order valence-corrected chi connectivity index (χ1v) is 12.7. The summed E-state index contributed by atoms with van der Waals surface area (Å²) in [5.74, 6) is -0.412. The summed E-state index contributed by atoms with van der Waals surface area (Å²) in [5.41, 5.74) is 2.21. The van der Waals surface area contributed by atoms with Gasteiger partial charge < -0.3 is 15.4 Å². The van der Waals surface area contributed by atoms with Crippen LogP contribution in [0.15, 0.2) is 47.4 Å². The van der Waals surface area contributed by atoms with Gasteiger partial charge in [-0.1, -0.05) is 30.3 Å². The molecule has 0 radical (unpaired) electrons. The molecule has 1 saturated heterocycles. The Balaban J connectivity index is 1.38. The van der Waals surface area contributed by atoms with E-state index in [9.17, 15) is 18.0 Å². The molecule has 33 heavy (non-hydrogen) atoms. The molecule has 2 aliphatic heterocycles. The standard InChI is InChI=1S/C24H29N3O5S/c1-17-13-20-21(32-16-23(28)26-20)14-22(17)33(30,31)27-12-6-10-19(15-27)24(29)25-11-5-9-18-7-3-2-4-8-18/h2-4,7-8,13-14,19H,5-6,9-12,15-16H2,1H3,(H,25,29)(H,26,28)/t19-/m0/s1. The minimum atomic E-state index is -3.81. The number of sulfonamides is 1. The summed E-state index contributed by atoms with van der Waals surface area (Å²) in [5, 5.41) is 5.66. The van der Waals surface area contributed by atoms with Gasteiger partial charge in [-0.25, -0.2) is 8.42 Å². The Morgan fingerprint density at radius 3 is 2.82 bits per heavy atom. The van der Waals surface area contributed by atoms with Crippen molar-refractivity contribution in [3.63, 3.8) is 0 Å². The lowest BCUT2D eigenvalue weighted by atomic mass is 9.99. The van der Waals surface area contributed by atoms with Gasteiger partial charge >= 0.3 is 0 Å². The van der Waals surface area contributed by atoms with Crippen LogP contribution in [0.4, 0.5) is 5.69 Å². The molecule has 176 valence electrons. The SMILES string of the molecule is Cc1cc2c(cc1S(=O)(=O)N1CCC[C@H](C(=O)NCCCc3ccccc3)C1)OCC(=O)N2. The Morgan fingerprint density at radius 1 is 1.24 bits per heavy atom. The van der Waals surface area contributed by atoms with E-state index in [-0.39, 0.29) is 35.8 Å². The van der Waals surface area contributed by atoms with E-state index in [4.69, 9.17) is 4.74 Å². The highest BCUT2D eigenvalue weighted by Crippen LogP contribution is 2.35. The van der Waals surface area contributed by atoms with E-state index < -0.39 is 10.0 Å². The predicted molar refractivity (Wildman–Crippen MR) is 125 cm³/mol. The molecule has 0 saturated carbocycles. The lowest BCUT2D eigenvalue weighted by Gasteiger charge is -2.32. The van der Waals surface area contributed by atoms with Gasteiger partial charge in [0.1, 0.15) is 5.75 Å². The molecule has 2 N–H and O–H groups in total. The second kappa shape index (κ2) is 9.93. The number of amides is 2. The van der Waals surface area contributed by atoms with E-state index in [2.05, 4.69) is 22.8 Å². The van der Waals surface area contributed by atoms with Crippen LogP contribution in [-0.2, 0) is 26.0 Å². The summed E-state index contributed by atoms with van der Waals surface area (Å²) in [4.78, 5) is 24.4. The number of piperidine rings is 1. The molecule has 0 unspecified atom stereocenters. The zero-order valence-corrected chi connectivity index (χ0v) is 19.5. The van der Waals surface area contributed by atoms with Crippen molar-refractivity contribution in [1.82, 2.24) is 9.62 Å². The first-order chi connectivity index (χ1) is 15.8. The van der Waals surface area contributed by atoms with Crippen LogP contribution in [0.5, 0.6) is 5.75 Å².